The maximum absolute atomic E-state index is 12.4. The quantitative estimate of drug-likeness (QED) is 0.867. The molecule has 0 radical (unpaired) electrons. The minimum atomic E-state index is 0.267. The number of aryl methyl sites for hydroxylation is 3. The molecule has 2 aliphatic carbocycles. The van der Waals surface area contributed by atoms with Gasteiger partial charge in [-0.2, -0.15) is 0 Å². The van der Waals surface area contributed by atoms with Crippen LogP contribution in [0.1, 0.15) is 54.5 Å². The summed E-state index contributed by atoms with van der Waals surface area (Å²) in [6, 6.07) is 4.81. The number of carbonyl (C=O) groups excluding carboxylic acids is 1. The molecule has 1 fully saturated rings. The molecule has 1 aromatic heterocycles. The van der Waals surface area contributed by atoms with Gasteiger partial charge in [0.25, 0.3) is 0 Å². The normalized spacial score (nSPS) is 21.6. The molecule has 1 atom stereocenters. The maximum atomic E-state index is 12.4. The minimum absolute atomic E-state index is 0.267. The van der Waals surface area contributed by atoms with Gasteiger partial charge in [0.1, 0.15) is 0 Å². The molecule has 0 saturated heterocycles. The lowest BCUT2D eigenvalue weighted by Gasteiger charge is -2.25. The molecule has 122 valence electrons. The van der Waals surface area contributed by atoms with Crippen LogP contribution in [0.4, 0.5) is 0 Å². The summed E-state index contributed by atoms with van der Waals surface area (Å²) in [6.07, 6.45) is 7.65. The molecule has 1 heterocycles. The summed E-state index contributed by atoms with van der Waals surface area (Å²) < 4.78 is 0. The van der Waals surface area contributed by atoms with Crippen LogP contribution in [0.15, 0.2) is 12.1 Å². The van der Waals surface area contributed by atoms with Gasteiger partial charge in [-0.1, -0.05) is 18.9 Å². The number of aromatic nitrogens is 1. The Morgan fingerprint density at radius 2 is 1.96 bits per heavy atom. The first-order valence-electron chi connectivity index (χ1n) is 9.03. The molecular formula is C20H26N2O. The van der Waals surface area contributed by atoms with Crippen molar-refractivity contribution >= 4 is 16.8 Å². The monoisotopic (exact) mass is 310 g/mol. The van der Waals surface area contributed by atoms with E-state index in [1.165, 1.54) is 46.1 Å². The van der Waals surface area contributed by atoms with Crippen LogP contribution in [-0.4, -0.2) is 16.9 Å². The van der Waals surface area contributed by atoms with Crippen molar-refractivity contribution in [3.05, 3.63) is 34.5 Å². The first kappa shape index (κ1) is 14.8. The van der Waals surface area contributed by atoms with Crippen LogP contribution in [0.5, 0.6) is 0 Å². The van der Waals surface area contributed by atoms with Crippen molar-refractivity contribution in [3.8, 4) is 0 Å². The first-order valence-corrected chi connectivity index (χ1v) is 9.03. The number of fused-ring (bicyclic) bond motifs is 3. The van der Waals surface area contributed by atoms with E-state index in [2.05, 4.69) is 36.3 Å². The molecule has 1 amide bonds. The Morgan fingerprint density at radius 3 is 2.74 bits per heavy atom. The molecule has 2 aliphatic rings. The zero-order chi connectivity index (χ0) is 16.0. The standard InChI is InChI=1S/C20H26N2O/c1-12-9-13(2)19-16-11-15(7-8-17(16)22-18(19)10-12)21-20(23)14-5-3-4-6-14/h9-10,14-15,22H,3-8,11H2,1-2H3,(H,21,23). The molecule has 1 unspecified atom stereocenters. The average Bonchev–Trinajstić information content (AvgIpc) is 3.13. The number of hydrogen-bond acceptors (Lipinski definition) is 1. The highest BCUT2D eigenvalue weighted by molar-refractivity contribution is 5.89. The fraction of sp³-hybridized carbons (Fsp3) is 0.550. The summed E-state index contributed by atoms with van der Waals surface area (Å²) in [5.74, 6) is 0.562. The van der Waals surface area contributed by atoms with Crippen LogP contribution in [-0.2, 0) is 17.6 Å². The number of aromatic amines is 1. The smallest absolute Gasteiger partial charge is 0.223 e. The number of amides is 1. The largest absolute Gasteiger partial charge is 0.358 e. The summed E-state index contributed by atoms with van der Waals surface area (Å²) in [4.78, 5) is 16.0. The summed E-state index contributed by atoms with van der Waals surface area (Å²) in [5, 5.41) is 4.71. The van der Waals surface area contributed by atoms with Crippen molar-refractivity contribution in [1.82, 2.24) is 10.3 Å². The Kier molecular flexibility index (Phi) is 3.67. The van der Waals surface area contributed by atoms with Gasteiger partial charge in [-0.25, -0.2) is 0 Å². The Bertz CT molecular complexity index is 753. The van der Waals surface area contributed by atoms with Gasteiger partial charge in [-0.05, 0) is 68.7 Å². The molecule has 23 heavy (non-hydrogen) atoms. The van der Waals surface area contributed by atoms with E-state index in [1.807, 2.05) is 0 Å². The third-order valence-corrected chi connectivity index (χ3v) is 5.70. The lowest BCUT2D eigenvalue weighted by Crippen LogP contribution is -2.41. The van der Waals surface area contributed by atoms with Crippen molar-refractivity contribution < 1.29 is 4.79 Å². The molecule has 3 nitrogen and oxygen atoms in total. The van der Waals surface area contributed by atoms with Gasteiger partial charge in [0.15, 0.2) is 0 Å². The van der Waals surface area contributed by atoms with Gasteiger partial charge in [0.2, 0.25) is 5.91 Å². The number of nitrogens with one attached hydrogen (secondary N) is 2. The fourth-order valence-corrected chi connectivity index (χ4v) is 4.59. The molecule has 3 heteroatoms. The third-order valence-electron chi connectivity index (χ3n) is 5.70. The molecular weight excluding hydrogens is 284 g/mol. The summed E-state index contributed by atoms with van der Waals surface area (Å²) in [5.41, 5.74) is 6.72. The molecule has 4 rings (SSSR count). The van der Waals surface area contributed by atoms with E-state index < -0.39 is 0 Å². The first-order chi connectivity index (χ1) is 11.1. The Hall–Kier alpha value is -1.77. The highest BCUT2D eigenvalue weighted by Gasteiger charge is 2.28. The number of benzene rings is 1. The van der Waals surface area contributed by atoms with Crippen LogP contribution in [0.2, 0.25) is 0 Å². The SMILES string of the molecule is Cc1cc(C)c2c3c([nH]c2c1)CCC(NC(=O)C1CCCC1)C3. The van der Waals surface area contributed by atoms with Crippen molar-refractivity contribution in [2.45, 2.75) is 64.8 Å². The van der Waals surface area contributed by atoms with Crippen molar-refractivity contribution in [3.63, 3.8) is 0 Å². The second-order valence-electron chi connectivity index (χ2n) is 7.52. The lowest BCUT2D eigenvalue weighted by atomic mass is 9.89. The van der Waals surface area contributed by atoms with Crippen molar-refractivity contribution in [2.24, 2.45) is 5.92 Å². The number of rotatable bonds is 2. The fourth-order valence-electron chi connectivity index (χ4n) is 4.59. The van der Waals surface area contributed by atoms with Gasteiger partial charge in [0, 0.05) is 28.6 Å². The minimum Gasteiger partial charge on any atom is -0.358 e. The van der Waals surface area contributed by atoms with E-state index in [-0.39, 0.29) is 5.92 Å². The van der Waals surface area contributed by atoms with E-state index >= 15 is 0 Å². The highest BCUT2D eigenvalue weighted by Crippen LogP contribution is 2.32. The van der Waals surface area contributed by atoms with E-state index in [0.717, 1.165) is 32.1 Å². The predicted molar refractivity (Wildman–Crippen MR) is 93.7 cm³/mol. The highest BCUT2D eigenvalue weighted by atomic mass is 16.1. The lowest BCUT2D eigenvalue weighted by molar-refractivity contribution is -0.125. The summed E-state index contributed by atoms with van der Waals surface area (Å²) >= 11 is 0. The Labute approximate surface area is 137 Å². The molecule has 0 aliphatic heterocycles. The molecule has 0 bridgehead atoms. The van der Waals surface area contributed by atoms with E-state index in [0.29, 0.717) is 11.9 Å². The third kappa shape index (κ3) is 2.66. The molecule has 1 aromatic carbocycles. The van der Waals surface area contributed by atoms with Gasteiger partial charge in [-0.15, -0.1) is 0 Å². The van der Waals surface area contributed by atoms with Gasteiger partial charge < -0.3 is 10.3 Å². The Balaban J connectivity index is 1.57. The summed E-state index contributed by atoms with van der Waals surface area (Å²) in [6.45, 7) is 4.35. The zero-order valence-electron chi connectivity index (χ0n) is 14.2. The van der Waals surface area contributed by atoms with Crippen molar-refractivity contribution in [2.75, 3.05) is 0 Å². The van der Waals surface area contributed by atoms with Gasteiger partial charge >= 0.3 is 0 Å². The second kappa shape index (κ2) is 5.70. The second-order valence-corrected chi connectivity index (χ2v) is 7.52. The van der Waals surface area contributed by atoms with E-state index in [9.17, 15) is 4.79 Å². The topological polar surface area (TPSA) is 44.9 Å². The van der Waals surface area contributed by atoms with E-state index in [4.69, 9.17) is 0 Å². The average molecular weight is 310 g/mol. The Morgan fingerprint density at radius 1 is 1.17 bits per heavy atom. The van der Waals surface area contributed by atoms with Crippen LogP contribution >= 0.6 is 0 Å². The number of hydrogen-bond donors (Lipinski definition) is 2. The molecule has 2 N–H and O–H groups in total. The molecule has 2 aromatic rings. The van der Waals surface area contributed by atoms with Crippen LogP contribution < -0.4 is 5.32 Å². The van der Waals surface area contributed by atoms with Crippen molar-refractivity contribution in [1.29, 1.82) is 0 Å². The molecule has 0 spiro atoms. The summed E-state index contributed by atoms with van der Waals surface area (Å²) in [7, 11) is 0. The molecule has 1 saturated carbocycles. The number of carbonyl (C=O) groups is 1. The van der Waals surface area contributed by atoms with Crippen LogP contribution in [0, 0.1) is 19.8 Å². The predicted octanol–water partition coefficient (Wildman–Crippen LogP) is 3.95. The maximum Gasteiger partial charge on any atom is 0.223 e. The van der Waals surface area contributed by atoms with E-state index in [1.54, 1.807) is 0 Å². The zero-order valence-corrected chi connectivity index (χ0v) is 14.2. The van der Waals surface area contributed by atoms with Crippen LogP contribution in [0.3, 0.4) is 0 Å². The van der Waals surface area contributed by atoms with Gasteiger partial charge in [-0.3, -0.25) is 4.79 Å². The van der Waals surface area contributed by atoms with Gasteiger partial charge in [0.05, 0.1) is 0 Å². The number of H-pyrrole nitrogens is 1. The van der Waals surface area contributed by atoms with Crippen LogP contribution in [0.25, 0.3) is 10.9 Å².